The molecule has 4 heteroatoms. The molecule has 3 nitrogen and oxygen atoms in total. The highest BCUT2D eigenvalue weighted by Gasteiger charge is 2.06. The van der Waals surface area contributed by atoms with Crippen molar-refractivity contribution in [2.24, 2.45) is 0 Å². The Labute approximate surface area is 89.4 Å². The van der Waals surface area contributed by atoms with Crippen LogP contribution in [0.3, 0.4) is 0 Å². The molecule has 1 atom stereocenters. The minimum atomic E-state index is 0.142. The molecule has 1 aromatic rings. The largest absolute Gasteiger partial charge is 0.383 e. The maximum atomic E-state index is 5.78. The normalized spacial score (nSPS) is 12.5. The summed E-state index contributed by atoms with van der Waals surface area (Å²) in [6.07, 6.45) is 1.77. The van der Waals surface area contributed by atoms with Gasteiger partial charge in [0.1, 0.15) is 0 Å². The number of nitrogens with one attached hydrogen (secondary N) is 1. The smallest absolute Gasteiger partial charge is 0.0675 e. The number of methoxy groups -OCH3 is 1. The van der Waals surface area contributed by atoms with Gasteiger partial charge in [-0.3, -0.25) is 4.98 Å². The minimum Gasteiger partial charge on any atom is -0.383 e. The topological polar surface area (TPSA) is 34.1 Å². The maximum absolute atomic E-state index is 5.78. The summed E-state index contributed by atoms with van der Waals surface area (Å²) in [6, 6.07) is 4.04. The number of ether oxygens (including phenoxy) is 1. The zero-order valence-electron chi connectivity index (χ0n) is 8.46. The molecule has 0 aliphatic carbocycles. The fourth-order valence-corrected chi connectivity index (χ4v) is 1.36. The second-order valence-electron chi connectivity index (χ2n) is 3.14. The lowest BCUT2D eigenvalue weighted by Crippen LogP contribution is -2.26. The van der Waals surface area contributed by atoms with Crippen molar-refractivity contribution in [1.82, 2.24) is 4.98 Å². The molecule has 0 saturated carbocycles. The lowest BCUT2D eigenvalue weighted by Gasteiger charge is -2.16. The van der Waals surface area contributed by atoms with Crippen molar-refractivity contribution < 1.29 is 4.74 Å². The van der Waals surface area contributed by atoms with Crippen LogP contribution in [0, 0.1) is 6.92 Å². The summed E-state index contributed by atoms with van der Waals surface area (Å²) in [6.45, 7) is 2.56. The second-order valence-corrected chi connectivity index (χ2v) is 3.45. The lowest BCUT2D eigenvalue weighted by atomic mass is 10.3. The number of nitrogens with zero attached hydrogens (tertiary/aromatic N) is 1. The molecule has 1 unspecified atom stereocenters. The van der Waals surface area contributed by atoms with Gasteiger partial charge in [-0.2, -0.15) is 0 Å². The summed E-state index contributed by atoms with van der Waals surface area (Å²) >= 11 is 5.78. The molecule has 0 aliphatic rings. The van der Waals surface area contributed by atoms with E-state index in [2.05, 4.69) is 10.3 Å². The first-order valence-corrected chi connectivity index (χ1v) is 5.04. The monoisotopic (exact) mass is 214 g/mol. The molecule has 1 heterocycles. The number of pyridine rings is 1. The van der Waals surface area contributed by atoms with Crippen LogP contribution in [0.1, 0.15) is 5.69 Å². The van der Waals surface area contributed by atoms with E-state index in [0.29, 0.717) is 12.5 Å². The van der Waals surface area contributed by atoms with Crippen molar-refractivity contribution in [1.29, 1.82) is 0 Å². The van der Waals surface area contributed by atoms with Crippen LogP contribution in [0.2, 0.25) is 0 Å². The molecular weight excluding hydrogens is 200 g/mol. The van der Waals surface area contributed by atoms with Gasteiger partial charge in [0.2, 0.25) is 0 Å². The minimum absolute atomic E-state index is 0.142. The summed E-state index contributed by atoms with van der Waals surface area (Å²) in [4.78, 5) is 4.11. The molecule has 0 bridgehead atoms. The van der Waals surface area contributed by atoms with E-state index in [4.69, 9.17) is 16.3 Å². The number of hydrogen-bond donors (Lipinski definition) is 1. The number of aromatic nitrogens is 1. The van der Waals surface area contributed by atoms with Gasteiger partial charge in [-0.15, -0.1) is 11.6 Å². The highest BCUT2D eigenvalue weighted by atomic mass is 35.5. The standard InChI is InChI=1S/C10H15ClN2O/c1-8-5-9(3-4-12-8)13-10(6-11)7-14-2/h3-5,10H,6-7H2,1-2H3,(H,12,13). The molecule has 1 rings (SSSR count). The van der Waals surface area contributed by atoms with Crippen molar-refractivity contribution >= 4 is 17.3 Å². The summed E-state index contributed by atoms with van der Waals surface area (Å²) in [5.41, 5.74) is 2.01. The first-order chi connectivity index (χ1) is 6.76. The lowest BCUT2D eigenvalue weighted by molar-refractivity contribution is 0.191. The second kappa shape index (κ2) is 5.83. The number of anilines is 1. The maximum Gasteiger partial charge on any atom is 0.0675 e. The van der Waals surface area contributed by atoms with Crippen molar-refractivity contribution in [2.45, 2.75) is 13.0 Å². The van der Waals surface area contributed by atoms with E-state index in [1.165, 1.54) is 0 Å². The summed E-state index contributed by atoms with van der Waals surface area (Å²) in [5, 5.41) is 3.27. The van der Waals surface area contributed by atoms with Gasteiger partial charge in [-0.25, -0.2) is 0 Å². The van der Waals surface area contributed by atoms with Gasteiger partial charge in [-0.05, 0) is 19.1 Å². The van der Waals surface area contributed by atoms with Crippen molar-refractivity contribution in [3.05, 3.63) is 24.0 Å². The van der Waals surface area contributed by atoms with E-state index in [9.17, 15) is 0 Å². The predicted molar refractivity (Wildman–Crippen MR) is 59.0 cm³/mol. The Morgan fingerprint density at radius 3 is 3.00 bits per heavy atom. The quantitative estimate of drug-likeness (QED) is 0.762. The molecule has 0 spiro atoms. The Morgan fingerprint density at radius 1 is 1.64 bits per heavy atom. The van der Waals surface area contributed by atoms with Crippen molar-refractivity contribution in [3.8, 4) is 0 Å². The SMILES string of the molecule is COCC(CCl)Nc1ccnc(C)c1. The first kappa shape index (κ1) is 11.3. The van der Waals surface area contributed by atoms with Gasteiger partial charge < -0.3 is 10.1 Å². The molecule has 78 valence electrons. The Bertz CT molecular complexity index is 281. The Hall–Kier alpha value is -0.800. The van der Waals surface area contributed by atoms with Gasteiger partial charge in [0, 0.05) is 30.6 Å². The highest BCUT2D eigenvalue weighted by molar-refractivity contribution is 6.18. The van der Waals surface area contributed by atoms with Crippen LogP contribution >= 0.6 is 11.6 Å². The molecule has 1 aromatic heterocycles. The predicted octanol–water partition coefficient (Wildman–Crippen LogP) is 2.06. The third kappa shape index (κ3) is 3.52. The number of halogens is 1. The zero-order chi connectivity index (χ0) is 10.4. The number of rotatable bonds is 5. The third-order valence-electron chi connectivity index (χ3n) is 1.82. The van der Waals surface area contributed by atoms with Gasteiger partial charge in [0.15, 0.2) is 0 Å². The molecule has 0 saturated heterocycles. The van der Waals surface area contributed by atoms with Crippen molar-refractivity contribution in [2.75, 3.05) is 24.9 Å². The van der Waals surface area contributed by atoms with Gasteiger partial charge in [0.25, 0.3) is 0 Å². The molecule has 0 amide bonds. The molecule has 1 N–H and O–H groups in total. The fourth-order valence-electron chi connectivity index (χ4n) is 1.20. The Morgan fingerprint density at radius 2 is 2.43 bits per heavy atom. The van der Waals surface area contributed by atoms with E-state index in [-0.39, 0.29) is 6.04 Å². The molecule has 14 heavy (non-hydrogen) atoms. The molecular formula is C10H15ClN2O. The van der Waals surface area contributed by atoms with Crippen LogP contribution in [0.5, 0.6) is 0 Å². The summed E-state index contributed by atoms with van der Waals surface area (Å²) < 4.78 is 5.03. The van der Waals surface area contributed by atoms with Gasteiger partial charge >= 0.3 is 0 Å². The van der Waals surface area contributed by atoms with Crippen LogP contribution in [-0.2, 0) is 4.74 Å². The summed E-state index contributed by atoms with van der Waals surface area (Å²) in [5.74, 6) is 0.523. The molecule has 0 radical (unpaired) electrons. The van der Waals surface area contributed by atoms with Crippen LogP contribution in [0.4, 0.5) is 5.69 Å². The fraction of sp³-hybridized carbons (Fsp3) is 0.500. The highest BCUT2D eigenvalue weighted by Crippen LogP contribution is 2.09. The zero-order valence-corrected chi connectivity index (χ0v) is 9.21. The van der Waals surface area contributed by atoms with E-state index in [1.807, 2.05) is 19.1 Å². The molecule has 0 aromatic carbocycles. The van der Waals surface area contributed by atoms with Crippen LogP contribution in [0.25, 0.3) is 0 Å². The average molecular weight is 215 g/mol. The van der Waals surface area contributed by atoms with Crippen LogP contribution in [0.15, 0.2) is 18.3 Å². The molecule has 0 fully saturated rings. The van der Waals surface area contributed by atoms with Crippen LogP contribution < -0.4 is 5.32 Å². The van der Waals surface area contributed by atoms with Gasteiger partial charge in [0.05, 0.1) is 12.6 Å². The summed E-state index contributed by atoms with van der Waals surface area (Å²) in [7, 11) is 1.67. The Balaban J connectivity index is 2.57. The van der Waals surface area contributed by atoms with Gasteiger partial charge in [-0.1, -0.05) is 0 Å². The number of hydrogen-bond acceptors (Lipinski definition) is 3. The average Bonchev–Trinajstić information content (AvgIpc) is 2.17. The van der Waals surface area contributed by atoms with E-state index in [0.717, 1.165) is 11.4 Å². The van der Waals surface area contributed by atoms with Crippen molar-refractivity contribution in [3.63, 3.8) is 0 Å². The molecule has 0 aliphatic heterocycles. The number of aryl methyl sites for hydroxylation is 1. The number of alkyl halides is 1. The van der Waals surface area contributed by atoms with E-state index in [1.54, 1.807) is 13.3 Å². The third-order valence-corrected chi connectivity index (χ3v) is 2.19. The van der Waals surface area contributed by atoms with E-state index < -0.39 is 0 Å². The van der Waals surface area contributed by atoms with E-state index >= 15 is 0 Å². The van der Waals surface area contributed by atoms with Crippen LogP contribution in [-0.4, -0.2) is 30.6 Å². The Kier molecular flexibility index (Phi) is 4.70. The first-order valence-electron chi connectivity index (χ1n) is 4.50.